The van der Waals surface area contributed by atoms with Gasteiger partial charge in [-0.1, -0.05) is 24.3 Å². The molecule has 2 aromatic rings. The second-order valence-corrected chi connectivity index (χ2v) is 7.34. The van der Waals surface area contributed by atoms with Crippen LogP contribution in [0.15, 0.2) is 48.5 Å². The van der Waals surface area contributed by atoms with Crippen molar-refractivity contribution in [3.63, 3.8) is 0 Å². The summed E-state index contributed by atoms with van der Waals surface area (Å²) in [7, 11) is 0. The summed E-state index contributed by atoms with van der Waals surface area (Å²) in [6.07, 6.45) is -14.8. The fourth-order valence-corrected chi connectivity index (χ4v) is 3.62. The first-order valence-electron chi connectivity index (χ1n) is 8.00. The van der Waals surface area contributed by atoms with Crippen LogP contribution in [-0.2, 0) is 12.4 Å². The predicted molar refractivity (Wildman–Crippen MR) is 90.4 cm³/mol. The Morgan fingerprint density at radius 3 is 1.23 bits per heavy atom. The highest BCUT2D eigenvalue weighted by atomic mass is 32.2. The number of thioether (sulfide) groups is 1. The molecule has 0 atom stereocenters. The highest BCUT2D eigenvalue weighted by Crippen LogP contribution is 2.42. The molecule has 2 rings (SSSR count). The van der Waals surface area contributed by atoms with Crippen LogP contribution in [0.2, 0.25) is 0 Å². The van der Waals surface area contributed by atoms with Crippen molar-refractivity contribution >= 4 is 11.8 Å². The molecule has 0 aromatic heterocycles. The minimum Gasteiger partial charge on any atom is -0.358 e. The fraction of sp³-hybridized carbons (Fsp3) is 0.333. The van der Waals surface area contributed by atoms with Crippen LogP contribution < -0.4 is 0 Å². The topological polar surface area (TPSA) is 40.5 Å². The molecule has 0 unspecified atom stereocenters. The first-order chi connectivity index (χ1) is 13.5. The Balaban J connectivity index is 2.40. The van der Waals surface area contributed by atoms with Gasteiger partial charge < -0.3 is 10.2 Å². The highest BCUT2D eigenvalue weighted by molar-refractivity contribution is 7.99. The lowest BCUT2D eigenvalue weighted by atomic mass is 10.0. The van der Waals surface area contributed by atoms with E-state index in [9.17, 15) is 49.7 Å². The molecular formula is C18H13F9O2S. The van der Waals surface area contributed by atoms with Crippen LogP contribution in [0.3, 0.4) is 0 Å². The average molecular weight is 464 g/mol. The normalized spacial score (nSPS) is 13.7. The first kappa shape index (κ1) is 24.4. The third-order valence-electron chi connectivity index (χ3n) is 3.99. The first-order valence-corrected chi connectivity index (χ1v) is 9.04. The highest BCUT2D eigenvalue weighted by Gasteiger charge is 2.53. The maximum absolute atomic E-state index is 12.7. The molecule has 166 valence electrons. The Morgan fingerprint density at radius 2 is 0.967 bits per heavy atom. The van der Waals surface area contributed by atoms with Crippen molar-refractivity contribution in [2.75, 3.05) is 5.75 Å². The van der Waals surface area contributed by atoms with E-state index < -0.39 is 46.4 Å². The number of rotatable bonds is 5. The van der Waals surface area contributed by atoms with Crippen LogP contribution in [0.25, 0.3) is 0 Å². The standard InChI is InChI=1S/C18H13F9O2S/c19-16(20,21)12-5-1-10(2-6-12)14(30-9-15(28,29)18(25,26)27)11-3-7-13(8-4-11)17(22,23)24/h1-8,14,28-29H,9H2. The molecule has 0 aliphatic carbocycles. The second-order valence-electron chi connectivity index (χ2n) is 6.24. The summed E-state index contributed by atoms with van der Waals surface area (Å²) in [6, 6.07) is 6.52. The molecule has 12 heteroatoms. The molecule has 0 aliphatic heterocycles. The van der Waals surface area contributed by atoms with E-state index in [1.54, 1.807) is 0 Å². The zero-order valence-electron chi connectivity index (χ0n) is 14.6. The minimum atomic E-state index is -5.41. The monoisotopic (exact) mass is 464 g/mol. The number of aliphatic hydroxyl groups is 2. The van der Waals surface area contributed by atoms with E-state index in [0.717, 1.165) is 24.3 Å². The molecule has 2 N–H and O–H groups in total. The van der Waals surface area contributed by atoms with Crippen LogP contribution in [0.5, 0.6) is 0 Å². The number of benzene rings is 2. The zero-order valence-corrected chi connectivity index (χ0v) is 15.4. The maximum Gasteiger partial charge on any atom is 0.443 e. The van der Waals surface area contributed by atoms with Gasteiger partial charge in [-0.2, -0.15) is 39.5 Å². The molecule has 2 aromatic carbocycles. The smallest absolute Gasteiger partial charge is 0.358 e. The lowest BCUT2D eigenvalue weighted by Crippen LogP contribution is -2.47. The van der Waals surface area contributed by atoms with Gasteiger partial charge in [-0.05, 0) is 35.4 Å². The van der Waals surface area contributed by atoms with Crippen LogP contribution >= 0.6 is 11.8 Å². The maximum atomic E-state index is 12.7. The number of hydrogen-bond acceptors (Lipinski definition) is 3. The fourth-order valence-electron chi connectivity index (χ4n) is 2.36. The summed E-state index contributed by atoms with van der Waals surface area (Å²) in [5, 5.41) is 17.2. The summed E-state index contributed by atoms with van der Waals surface area (Å²) in [6.45, 7) is 0. The van der Waals surface area contributed by atoms with Crippen molar-refractivity contribution in [1.29, 1.82) is 0 Å². The third-order valence-corrected chi connectivity index (χ3v) is 5.43. The average Bonchev–Trinajstić information content (AvgIpc) is 2.60. The van der Waals surface area contributed by atoms with Crippen molar-refractivity contribution in [2.45, 2.75) is 29.6 Å². The van der Waals surface area contributed by atoms with E-state index in [1.165, 1.54) is 0 Å². The van der Waals surface area contributed by atoms with Gasteiger partial charge in [0, 0.05) is 0 Å². The van der Waals surface area contributed by atoms with Gasteiger partial charge in [-0.25, -0.2) is 0 Å². The van der Waals surface area contributed by atoms with Gasteiger partial charge in [-0.15, -0.1) is 11.8 Å². The molecule has 0 amide bonds. The summed E-state index contributed by atoms with van der Waals surface area (Å²) in [5.41, 5.74) is -2.00. The molecule has 0 heterocycles. The van der Waals surface area contributed by atoms with Crippen molar-refractivity contribution < 1.29 is 49.7 Å². The van der Waals surface area contributed by atoms with E-state index in [1.807, 2.05) is 0 Å². The van der Waals surface area contributed by atoms with Crippen LogP contribution in [0, 0.1) is 0 Å². The van der Waals surface area contributed by atoms with E-state index in [0.29, 0.717) is 36.0 Å². The minimum absolute atomic E-state index is 0.0331. The lowest BCUT2D eigenvalue weighted by molar-refractivity contribution is -0.336. The predicted octanol–water partition coefficient (Wildman–Crippen LogP) is 5.79. The molecule has 2 nitrogen and oxygen atoms in total. The van der Waals surface area contributed by atoms with Crippen LogP contribution in [0.1, 0.15) is 27.5 Å². The van der Waals surface area contributed by atoms with Crippen molar-refractivity contribution in [3.8, 4) is 0 Å². The lowest BCUT2D eigenvalue weighted by Gasteiger charge is -2.27. The largest absolute Gasteiger partial charge is 0.443 e. The Bertz CT molecular complexity index is 781. The summed E-state index contributed by atoms with van der Waals surface area (Å²) >= 11 is 0.306. The summed E-state index contributed by atoms with van der Waals surface area (Å²) < 4.78 is 114. The quantitative estimate of drug-likeness (QED) is 0.435. The van der Waals surface area contributed by atoms with Crippen molar-refractivity contribution in [3.05, 3.63) is 70.8 Å². The molecular weight excluding hydrogens is 451 g/mol. The van der Waals surface area contributed by atoms with Crippen LogP contribution in [-0.4, -0.2) is 27.9 Å². The van der Waals surface area contributed by atoms with E-state index in [4.69, 9.17) is 0 Å². The Labute approximate surface area is 168 Å². The number of halogens is 9. The summed E-state index contributed by atoms with van der Waals surface area (Å²) in [4.78, 5) is 0. The van der Waals surface area contributed by atoms with Gasteiger partial charge in [0.1, 0.15) is 0 Å². The van der Waals surface area contributed by atoms with Gasteiger partial charge >= 0.3 is 18.5 Å². The molecule has 0 saturated heterocycles. The molecule has 30 heavy (non-hydrogen) atoms. The third kappa shape index (κ3) is 5.82. The van der Waals surface area contributed by atoms with E-state index in [-0.39, 0.29) is 11.1 Å². The van der Waals surface area contributed by atoms with Crippen molar-refractivity contribution in [1.82, 2.24) is 0 Å². The second kappa shape index (κ2) is 8.31. The van der Waals surface area contributed by atoms with Gasteiger partial charge in [0.2, 0.25) is 0 Å². The van der Waals surface area contributed by atoms with Gasteiger partial charge in [0.25, 0.3) is 5.79 Å². The Kier molecular flexibility index (Phi) is 6.74. The van der Waals surface area contributed by atoms with Gasteiger partial charge in [0.15, 0.2) is 0 Å². The molecule has 0 spiro atoms. The van der Waals surface area contributed by atoms with E-state index in [2.05, 4.69) is 0 Å². The van der Waals surface area contributed by atoms with E-state index >= 15 is 0 Å². The SMILES string of the molecule is OC(O)(CSC(c1ccc(C(F)(F)F)cc1)c1ccc(C(F)(F)F)cc1)C(F)(F)F. The molecule has 0 bridgehead atoms. The van der Waals surface area contributed by atoms with Gasteiger partial charge in [-0.3, -0.25) is 0 Å². The Morgan fingerprint density at radius 1 is 0.633 bits per heavy atom. The van der Waals surface area contributed by atoms with Crippen molar-refractivity contribution in [2.24, 2.45) is 0 Å². The molecule has 0 radical (unpaired) electrons. The molecule has 0 fully saturated rings. The van der Waals surface area contributed by atoms with Gasteiger partial charge in [0.05, 0.1) is 22.1 Å². The van der Waals surface area contributed by atoms with Crippen LogP contribution in [0.4, 0.5) is 39.5 Å². The molecule has 0 aliphatic rings. The number of alkyl halides is 9. The Hall–Kier alpha value is -1.92. The zero-order chi connectivity index (χ0) is 23.0. The number of hydrogen-bond donors (Lipinski definition) is 2. The summed E-state index contributed by atoms with van der Waals surface area (Å²) in [5.74, 6) is -5.43. The molecule has 0 saturated carbocycles.